The van der Waals surface area contributed by atoms with Crippen LogP contribution in [-0.2, 0) is 14.4 Å². The molecule has 20 heavy (non-hydrogen) atoms. The lowest BCUT2D eigenvalue weighted by atomic mass is 9.85. The third kappa shape index (κ3) is 1.87. The van der Waals surface area contributed by atoms with Crippen LogP contribution >= 0.6 is 0 Å². The van der Waals surface area contributed by atoms with Crippen molar-refractivity contribution in [1.29, 1.82) is 0 Å². The van der Waals surface area contributed by atoms with E-state index in [4.69, 9.17) is 5.11 Å². The topological polar surface area (TPSA) is 74.7 Å². The monoisotopic (exact) mass is 277 g/mol. The van der Waals surface area contributed by atoms with Crippen LogP contribution in [0.1, 0.15) is 26.2 Å². The van der Waals surface area contributed by atoms with Gasteiger partial charge in [-0.2, -0.15) is 0 Å². The Morgan fingerprint density at radius 3 is 2.30 bits per heavy atom. The van der Waals surface area contributed by atoms with E-state index in [0.717, 1.165) is 6.42 Å². The van der Waals surface area contributed by atoms with E-state index in [1.54, 1.807) is 0 Å². The molecule has 0 aromatic heterocycles. The normalized spacial score (nSPS) is 35.8. The Morgan fingerprint density at radius 1 is 1.30 bits per heavy atom. The highest BCUT2D eigenvalue weighted by atomic mass is 16.4. The number of carbonyl (C=O) groups is 3. The largest absolute Gasteiger partial charge is 0.481 e. The van der Waals surface area contributed by atoms with E-state index < -0.39 is 5.97 Å². The number of hydrogen-bond donors (Lipinski definition) is 1. The van der Waals surface area contributed by atoms with E-state index in [1.165, 1.54) is 4.90 Å². The van der Waals surface area contributed by atoms with Gasteiger partial charge in [-0.3, -0.25) is 19.3 Å². The lowest BCUT2D eigenvalue weighted by Crippen LogP contribution is -2.37. The van der Waals surface area contributed by atoms with E-state index in [-0.39, 0.29) is 54.4 Å². The summed E-state index contributed by atoms with van der Waals surface area (Å²) in [5.74, 6) is -1.12. The van der Waals surface area contributed by atoms with Crippen molar-refractivity contribution in [1.82, 2.24) is 4.90 Å². The Hall–Kier alpha value is -1.65. The van der Waals surface area contributed by atoms with Gasteiger partial charge in [0.25, 0.3) is 0 Å². The van der Waals surface area contributed by atoms with Crippen LogP contribution in [0.5, 0.6) is 0 Å². The molecule has 0 aromatic rings. The van der Waals surface area contributed by atoms with Gasteiger partial charge in [-0.25, -0.2) is 0 Å². The predicted octanol–water partition coefficient (Wildman–Crippen LogP) is 1.29. The van der Waals surface area contributed by atoms with Crippen molar-refractivity contribution < 1.29 is 19.5 Å². The molecule has 2 amide bonds. The van der Waals surface area contributed by atoms with Gasteiger partial charge in [0.05, 0.1) is 11.8 Å². The van der Waals surface area contributed by atoms with Crippen LogP contribution in [0.3, 0.4) is 0 Å². The number of imide groups is 1. The summed E-state index contributed by atoms with van der Waals surface area (Å²) in [4.78, 5) is 37.0. The molecule has 2 bridgehead atoms. The van der Waals surface area contributed by atoms with Crippen LogP contribution in [0.2, 0.25) is 0 Å². The Balaban J connectivity index is 1.74. The van der Waals surface area contributed by atoms with Crippen molar-refractivity contribution in [2.24, 2.45) is 29.6 Å². The van der Waals surface area contributed by atoms with Gasteiger partial charge in [0.1, 0.15) is 0 Å². The van der Waals surface area contributed by atoms with Crippen LogP contribution in [-0.4, -0.2) is 34.3 Å². The van der Waals surface area contributed by atoms with Crippen LogP contribution < -0.4 is 0 Å². The van der Waals surface area contributed by atoms with E-state index in [1.807, 2.05) is 6.92 Å². The Bertz CT molecular complexity index is 468. The first-order chi connectivity index (χ1) is 9.52. The number of fused-ring (bicyclic) bond motifs is 5. The Morgan fingerprint density at radius 2 is 1.85 bits per heavy atom. The van der Waals surface area contributed by atoms with Gasteiger partial charge in [0, 0.05) is 13.0 Å². The maximum atomic E-state index is 12.4. The van der Waals surface area contributed by atoms with E-state index in [0.29, 0.717) is 6.42 Å². The number of carbonyl (C=O) groups excluding carboxylic acids is 2. The SMILES string of the molecule is CCC(CC(=O)O)CN1C(=O)C2C3C=CC(C3)C2C1=O. The van der Waals surface area contributed by atoms with Crippen molar-refractivity contribution in [3.63, 3.8) is 0 Å². The van der Waals surface area contributed by atoms with Crippen LogP contribution in [0.25, 0.3) is 0 Å². The molecule has 2 fully saturated rings. The van der Waals surface area contributed by atoms with Crippen molar-refractivity contribution in [3.8, 4) is 0 Å². The minimum absolute atomic E-state index is 0.00794. The second-order valence-electron chi connectivity index (χ2n) is 6.16. The lowest BCUT2D eigenvalue weighted by molar-refractivity contribution is -0.144. The number of likely N-dealkylation sites (tertiary alicyclic amines) is 1. The maximum absolute atomic E-state index is 12.4. The number of rotatable bonds is 5. The van der Waals surface area contributed by atoms with Gasteiger partial charge < -0.3 is 5.11 Å². The average molecular weight is 277 g/mol. The number of allylic oxidation sites excluding steroid dienone is 2. The van der Waals surface area contributed by atoms with Crippen molar-refractivity contribution >= 4 is 17.8 Å². The molecule has 1 saturated carbocycles. The molecule has 1 N–H and O–H groups in total. The average Bonchev–Trinajstić information content (AvgIpc) is 3.06. The molecular formula is C15H19NO4. The zero-order valence-electron chi connectivity index (χ0n) is 11.5. The summed E-state index contributed by atoms with van der Waals surface area (Å²) in [5, 5.41) is 8.88. The molecule has 2 aliphatic carbocycles. The van der Waals surface area contributed by atoms with Gasteiger partial charge in [-0.05, 0) is 24.2 Å². The summed E-state index contributed by atoms with van der Waals surface area (Å²) in [6, 6.07) is 0. The summed E-state index contributed by atoms with van der Waals surface area (Å²) in [7, 11) is 0. The molecule has 0 radical (unpaired) electrons. The molecule has 5 unspecified atom stereocenters. The smallest absolute Gasteiger partial charge is 0.303 e. The molecule has 3 aliphatic rings. The van der Waals surface area contributed by atoms with Crippen LogP contribution in [0.15, 0.2) is 12.2 Å². The highest BCUT2D eigenvalue weighted by Crippen LogP contribution is 2.52. The van der Waals surface area contributed by atoms with Crippen molar-refractivity contribution in [2.75, 3.05) is 6.54 Å². The fourth-order valence-corrected chi connectivity index (χ4v) is 3.99. The van der Waals surface area contributed by atoms with E-state index >= 15 is 0 Å². The van der Waals surface area contributed by atoms with Gasteiger partial charge in [-0.1, -0.05) is 25.5 Å². The standard InChI is InChI=1S/C15H19NO4/c1-2-8(5-11(17)18)7-16-14(19)12-9-3-4-10(6-9)13(12)15(16)20/h3-4,8-10,12-13H,2,5-7H2,1H3,(H,17,18). The van der Waals surface area contributed by atoms with Crippen LogP contribution in [0.4, 0.5) is 0 Å². The molecule has 0 spiro atoms. The van der Waals surface area contributed by atoms with Gasteiger partial charge >= 0.3 is 5.97 Å². The van der Waals surface area contributed by atoms with Crippen molar-refractivity contribution in [3.05, 3.63) is 12.2 Å². The minimum atomic E-state index is -0.877. The first kappa shape index (κ1) is 13.3. The quantitative estimate of drug-likeness (QED) is 0.607. The second kappa shape index (κ2) is 4.72. The number of aliphatic carboxylic acids is 1. The number of hydrogen-bond acceptors (Lipinski definition) is 3. The lowest BCUT2D eigenvalue weighted by Gasteiger charge is -2.22. The van der Waals surface area contributed by atoms with Gasteiger partial charge in [0.15, 0.2) is 0 Å². The molecular weight excluding hydrogens is 258 g/mol. The zero-order chi connectivity index (χ0) is 14.4. The fourth-order valence-electron chi connectivity index (χ4n) is 3.99. The summed E-state index contributed by atoms with van der Waals surface area (Å²) in [6.07, 6.45) is 5.72. The third-order valence-electron chi connectivity index (χ3n) is 5.04. The Kier molecular flexibility index (Phi) is 3.15. The molecule has 5 heteroatoms. The molecule has 1 saturated heterocycles. The number of nitrogens with zero attached hydrogens (tertiary/aromatic N) is 1. The van der Waals surface area contributed by atoms with Crippen molar-refractivity contribution in [2.45, 2.75) is 26.2 Å². The molecule has 3 rings (SSSR count). The summed E-state index contributed by atoms with van der Waals surface area (Å²) in [5.41, 5.74) is 0. The summed E-state index contributed by atoms with van der Waals surface area (Å²) >= 11 is 0. The Labute approximate surface area is 117 Å². The number of amides is 2. The highest BCUT2D eigenvalue weighted by molar-refractivity contribution is 6.06. The predicted molar refractivity (Wildman–Crippen MR) is 70.5 cm³/mol. The molecule has 0 aromatic carbocycles. The summed E-state index contributed by atoms with van der Waals surface area (Å²) in [6.45, 7) is 2.15. The van der Waals surface area contributed by atoms with E-state index in [2.05, 4.69) is 12.2 Å². The number of carboxylic acid groups (broad SMARTS) is 1. The van der Waals surface area contributed by atoms with Crippen LogP contribution in [0, 0.1) is 29.6 Å². The molecule has 108 valence electrons. The minimum Gasteiger partial charge on any atom is -0.481 e. The van der Waals surface area contributed by atoms with Gasteiger partial charge in [0.2, 0.25) is 11.8 Å². The summed E-state index contributed by atoms with van der Waals surface area (Å²) < 4.78 is 0. The van der Waals surface area contributed by atoms with E-state index in [9.17, 15) is 14.4 Å². The second-order valence-corrected chi connectivity index (χ2v) is 6.16. The molecule has 5 nitrogen and oxygen atoms in total. The highest BCUT2D eigenvalue weighted by Gasteiger charge is 2.59. The molecule has 1 heterocycles. The first-order valence-electron chi connectivity index (χ1n) is 7.28. The first-order valence-corrected chi connectivity index (χ1v) is 7.28. The molecule has 1 aliphatic heterocycles. The zero-order valence-corrected chi connectivity index (χ0v) is 11.5. The number of carboxylic acids is 1. The molecule has 5 atom stereocenters. The van der Waals surface area contributed by atoms with Gasteiger partial charge in [-0.15, -0.1) is 0 Å². The fraction of sp³-hybridized carbons (Fsp3) is 0.667. The maximum Gasteiger partial charge on any atom is 0.303 e. The third-order valence-corrected chi connectivity index (χ3v) is 5.04.